The fourth-order valence-corrected chi connectivity index (χ4v) is 1.63. The number of nitrogens with zero attached hydrogens (tertiary/aromatic N) is 1. The van der Waals surface area contributed by atoms with Crippen LogP contribution in [0.25, 0.3) is 10.9 Å². The molecular formula is C13H11FeNO2. The van der Waals surface area contributed by atoms with E-state index in [4.69, 9.17) is 0 Å². The molecule has 0 saturated carbocycles. The van der Waals surface area contributed by atoms with Crippen LogP contribution in [0.1, 0.15) is 34.7 Å². The van der Waals surface area contributed by atoms with Gasteiger partial charge in [-0.1, -0.05) is 18.2 Å². The summed E-state index contributed by atoms with van der Waals surface area (Å²) in [6.07, 6.45) is 0. The molecule has 0 radical (unpaired) electrons. The van der Waals surface area contributed by atoms with Gasteiger partial charge < -0.3 is 0 Å². The number of carbonyl (C=O) groups is 2. The van der Waals surface area contributed by atoms with E-state index in [9.17, 15) is 9.59 Å². The van der Waals surface area contributed by atoms with Crippen molar-refractivity contribution in [2.45, 2.75) is 13.8 Å². The summed E-state index contributed by atoms with van der Waals surface area (Å²) in [5.74, 6) is -0.140. The van der Waals surface area contributed by atoms with E-state index in [0.717, 1.165) is 5.39 Å². The van der Waals surface area contributed by atoms with Crippen LogP contribution in [0.4, 0.5) is 0 Å². The molecule has 0 fully saturated rings. The molecule has 0 aliphatic heterocycles. The Balaban J connectivity index is 0.00000144. The molecule has 2 rings (SSSR count). The minimum absolute atomic E-state index is 0. The van der Waals surface area contributed by atoms with E-state index in [1.165, 1.54) is 13.8 Å². The van der Waals surface area contributed by atoms with E-state index in [0.29, 0.717) is 16.8 Å². The Bertz CT molecular complexity index is 593. The van der Waals surface area contributed by atoms with E-state index in [2.05, 4.69) is 4.98 Å². The predicted molar refractivity (Wildman–Crippen MR) is 61.8 cm³/mol. The summed E-state index contributed by atoms with van der Waals surface area (Å²) >= 11 is 0. The van der Waals surface area contributed by atoms with E-state index in [-0.39, 0.29) is 28.6 Å². The van der Waals surface area contributed by atoms with E-state index >= 15 is 0 Å². The molecule has 2 aromatic rings. The van der Waals surface area contributed by atoms with Gasteiger partial charge >= 0.3 is 0 Å². The summed E-state index contributed by atoms with van der Waals surface area (Å²) in [5, 5.41) is 0.873. The Morgan fingerprint density at radius 1 is 1.00 bits per heavy atom. The van der Waals surface area contributed by atoms with Crippen LogP contribution in [-0.4, -0.2) is 16.6 Å². The number of hydrogen-bond acceptors (Lipinski definition) is 3. The molecule has 88 valence electrons. The molecule has 0 unspecified atom stereocenters. The van der Waals surface area contributed by atoms with Gasteiger partial charge in [0.2, 0.25) is 0 Å². The number of fused-ring (bicyclic) bond motifs is 1. The number of aromatic nitrogens is 1. The zero-order valence-electron chi connectivity index (χ0n) is 9.50. The molecule has 0 bridgehead atoms. The summed E-state index contributed by atoms with van der Waals surface area (Å²) in [6, 6.07) is 8.90. The van der Waals surface area contributed by atoms with Crippen molar-refractivity contribution in [1.82, 2.24) is 4.98 Å². The molecule has 1 heterocycles. The number of pyridine rings is 1. The van der Waals surface area contributed by atoms with Crippen LogP contribution < -0.4 is 0 Å². The van der Waals surface area contributed by atoms with Crippen molar-refractivity contribution in [3.05, 3.63) is 41.6 Å². The molecule has 0 aliphatic carbocycles. The molecule has 3 nitrogen and oxygen atoms in total. The van der Waals surface area contributed by atoms with E-state index in [1.807, 2.05) is 18.2 Å². The summed E-state index contributed by atoms with van der Waals surface area (Å²) < 4.78 is 0. The first kappa shape index (κ1) is 13.6. The van der Waals surface area contributed by atoms with E-state index in [1.54, 1.807) is 12.1 Å². The standard InChI is InChI=1S/C13H11NO2.Fe/c1-8(15)11-5-3-4-10-6-7-12(9(2)16)14-13(10)11;/h3-7H,1-2H3;. The molecule has 1 aromatic carbocycles. The van der Waals surface area contributed by atoms with Gasteiger partial charge in [-0.25, -0.2) is 4.98 Å². The van der Waals surface area contributed by atoms with Gasteiger partial charge in [-0.3, -0.25) is 9.59 Å². The molecule has 0 spiro atoms. The number of para-hydroxylation sites is 1. The topological polar surface area (TPSA) is 47.0 Å². The number of hydrogen-bond donors (Lipinski definition) is 0. The second-order valence-corrected chi connectivity index (χ2v) is 3.69. The summed E-state index contributed by atoms with van der Waals surface area (Å²) in [5.41, 5.74) is 1.55. The first-order valence-corrected chi connectivity index (χ1v) is 5.01. The number of rotatable bonds is 2. The van der Waals surface area contributed by atoms with Gasteiger partial charge in [0.05, 0.1) is 5.52 Å². The largest absolute Gasteiger partial charge is 0.294 e. The average Bonchev–Trinajstić information content (AvgIpc) is 2.27. The van der Waals surface area contributed by atoms with Crippen LogP contribution >= 0.6 is 0 Å². The van der Waals surface area contributed by atoms with Crippen molar-refractivity contribution in [2.24, 2.45) is 0 Å². The monoisotopic (exact) mass is 269 g/mol. The van der Waals surface area contributed by atoms with Gasteiger partial charge in [0, 0.05) is 34.9 Å². The average molecular weight is 269 g/mol. The maximum atomic E-state index is 11.4. The molecule has 0 amide bonds. The molecule has 4 heteroatoms. The van der Waals surface area contributed by atoms with Crippen molar-refractivity contribution in [3.8, 4) is 0 Å². The third-order valence-electron chi connectivity index (χ3n) is 2.46. The van der Waals surface area contributed by atoms with Crippen LogP contribution in [0, 0.1) is 0 Å². The SMILES string of the molecule is CC(=O)c1ccc2cccc(C(C)=O)c2n1.[Fe]. The Labute approximate surface area is 110 Å². The third kappa shape index (κ3) is 2.60. The van der Waals surface area contributed by atoms with Crippen LogP contribution in [0.5, 0.6) is 0 Å². The fourth-order valence-electron chi connectivity index (χ4n) is 1.63. The second kappa shape index (κ2) is 5.21. The van der Waals surface area contributed by atoms with Gasteiger partial charge in [-0.05, 0) is 19.1 Å². The van der Waals surface area contributed by atoms with Gasteiger partial charge in [-0.2, -0.15) is 0 Å². The Morgan fingerprint density at radius 2 is 1.71 bits per heavy atom. The van der Waals surface area contributed by atoms with Crippen molar-refractivity contribution < 1.29 is 26.7 Å². The zero-order chi connectivity index (χ0) is 11.7. The summed E-state index contributed by atoms with van der Waals surface area (Å²) in [7, 11) is 0. The van der Waals surface area contributed by atoms with Crippen LogP contribution in [-0.2, 0) is 17.1 Å². The Morgan fingerprint density at radius 3 is 2.29 bits per heavy atom. The zero-order valence-corrected chi connectivity index (χ0v) is 10.6. The molecule has 0 saturated heterocycles. The fraction of sp³-hybridized carbons (Fsp3) is 0.154. The van der Waals surface area contributed by atoms with Crippen LogP contribution in [0.3, 0.4) is 0 Å². The maximum absolute atomic E-state index is 11.4. The maximum Gasteiger partial charge on any atom is 0.178 e. The first-order valence-electron chi connectivity index (χ1n) is 5.01. The first-order chi connectivity index (χ1) is 7.59. The Kier molecular flexibility index (Phi) is 4.16. The van der Waals surface area contributed by atoms with Crippen molar-refractivity contribution in [2.75, 3.05) is 0 Å². The van der Waals surface area contributed by atoms with Crippen LogP contribution in [0.15, 0.2) is 30.3 Å². The number of ketones is 2. The van der Waals surface area contributed by atoms with Gasteiger partial charge in [0.25, 0.3) is 0 Å². The van der Waals surface area contributed by atoms with Crippen molar-refractivity contribution in [1.29, 1.82) is 0 Å². The second-order valence-electron chi connectivity index (χ2n) is 3.69. The molecule has 17 heavy (non-hydrogen) atoms. The normalized spacial score (nSPS) is 9.76. The molecule has 0 N–H and O–H groups in total. The minimum atomic E-state index is -0.0970. The number of carbonyl (C=O) groups excluding carboxylic acids is 2. The molecule has 1 aromatic heterocycles. The van der Waals surface area contributed by atoms with Crippen molar-refractivity contribution >= 4 is 22.5 Å². The summed E-state index contributed by atoms with van der Waals surface area (Å²) in [6.45, 7) is 2.96. The quantitative estimate of drug-likeness (QED) is 0.622. The summed E-state index contributed by atoms with van der Waals surface area (Å²) in [4.78, 5) is 26.9. The van der Waals surface area contributed by atoms with Gasteiger partial charge in [-0.15, -0.1) is 0 Å². The smallest absolute Gasteiger partial charge is 0.178 e. The molecule has 0 atom stereocenters. The third-order valence-corrected chi connectivity index (χ3v) is 2.46. The van der Waals surface area contributed by atoms with E-state index < -0.39 is 0 Å². The number of benzene rings is 1. The number of Topliss-reactive ketones (excluding diaryl/α,β-unsaturated/α-hetero) is 2. The molecular weight excluding hydrogens is 258 g/mol. The van der Waals surface area contributed by atoms with Gasteiger partial charge in [0.15, 0.2) is 11.6 Å². The Hall–Kier alpha value is -1.51. The minimum Gasteiger partial charge on any atom is -0.294 e. The van der Waals surface area contributed by atoms with Gasteiger partial charge in [0.1, 0.15) is 5.69 Å². The predicted octanol–water partition coefficient (Wildman–Crippen LogP) is 2.64. The van der Waals surface area contributed by atoms with Crippen LogP contribution in [0.2, 0.25) is 0 Å². The molecule has 0 aliphatic rings. The van der Waals surface area contributed by atoms with Crippen molar-refractivity contribution in [3.63, 3.8) is 0 Å².